The van der Waals surface area contributed by atoms with Gasteiger partial charge >= 0.3 is 5.97 Å². The van der Waals surface area contributed by atoms with Gasteiger partial charge in [-0.25, -0.2) is 10.2 Å². The van der Waals surface area contributed by atoms with E-state index in [-0.39, 0.29) is 5.91 Å². The molecule has 1 amide bonds. The van der Waals surface area contributed by atoms with Crippen molar-refractivity contribution in [3.63, 3.8) is 0 Å². The van der Waals surface area contributed by atoms with Crippen LogP contribution in [0.1, 0.15) is 50.9 Å². The lowest BCUT2D eigenvalue weighted by Crippen LogP contribution is -2.17. The molecule has 0 bridgehead atoms. The first-order valence-electron chi connectivity index (χ1n) is 11.4. The van der Waals surface area contributed by atoms with Crippen LogP contribution < -0.4 is 10.2 Å². The van der Waals surface area contributed by atoms with Gasteiger partial charge < -0.3 is 9.72 Å². The van der Waals surface area contributed by atoms with Crippen molar-refractivity contribution in [3.8, 4) is 5.75 Å². The maximum atomic E-state index is 12.7. The number of nitrogens with one attached hydrogen (secondary N) is 2. The van der Waals surface area contributed by atoms with E-state index in [1.54, 1.807) is 54.7 Å². The second-order valence-electron chi connectivity index (χ2n) is 8.71. The number of H-pyrrole nitrogens is 1. The highest BCUT2D eigenvalue weighted by Gasteiger charge is 2.20. The van der Waals surface area contributed by atoms with Gasteiger partial charge in [0.15, 0.2) is 0 Å². The van der Waals surface area contributed by atoms with Crippen molar-refractivity contribution in [2.45, 2.75) is 26.2 Å². The van der Waals surface area contributed by atoms with Gasteiger partial charge in [0.1, 0.15) is 5.75 Å². The van der Waals surface area contributed by atoms with E-state index in [0.717, 1.165) is 29.3 Å². The summed E-state index contributed by atoms with van der Waals surface area (Å²) in [5.41, 5.74) is 8.13. The van der Waals surface area contributed by atoms with E-state index in [1.807, 2.05) is 24.3 Å². The Morgan fingerprint density at radius 3 is 2.62 bits per heavy atom. The van der Waals surface area contributed by atoms with E-state index in [4.69, 9.17) is 4.74 Å². The molecule has 170 valence electrons. The molecule has 1 aromatic heterocycles. The zero-order chi connectivity index (χ0) is 23.5. The second-order valence-corrected chi connectivity index (χ2v) is 8.71. The van der Waals surface area contributed by atoms with Gasteiger partial charge in [0.25, 0.3) is 5.91 Å². The predicted octanol–water partition coefficient (Wildman–Crippen LogP) is 5.28. The molecule has 1 atom stereocenters. The van der Waals surface area contributed by atoms with E-state index < -0.39 is 5.97 Å². The van der Waals surface area contributed by atoms with E-state index in [1.165, 1.54) is 17.7 Å². The number of hydrogen-bond acceptors (Lipinski definition) is 4. The van der Waals surface area contributed by atoms with E-state index in [9.17, 15) is 9.59 Å². The van der Waals surface area contributed by atoms with Crippen LogP contribution in [0.25, 0.3) is 10.9 Å². The van der Waals surface area contributed by atoms with Crippen LogP contribution in [0.5, 0.6) is 5.75 Å². The number of fused-ring (bicyclic) bond motifs is 3. The molecule has 5 rings (SSSR count). The Hall–Kier alpha value is -4.19. The molecule has 0 saturated heterocycles. The molecule has 0 spiro atoms. The van der Waals surface area contributed by atoms with Crippen molar-refractivity contribution >= 4 is 29.0 Å². The Labute approximate surface area is 197 Å². The highest BCUT2D eigenvalue weighted by atomic mass is 16.5. The second kappa shape index (κ2) is 9.35. The number of esters is 1. The summed E-state index contributed by atoms with van der Waals surface area (Å²) >= 11 is 0. The highest BCUT2D eigenvalue weighted by molar-refractivity contribution is 5.99. The number of hydrazone groups is 1. The number of aromatic nitrogens is 1. The summed E-state index contributed by atoms with van der Waals surface area (Å²) in [6, 6.07) is 21.5. The van der Waals surface area contributed by atoms with Crippen LogP contribution in [0.2, 0.25) is 0 Å². The first-order chi connectivity index (χ1) is 16.6. The van der Waals surface area contributed by atoms with Gasteiger partial charge in [0, 0.05) is 22.2 Å². The van der Waals surface area contributed by atoms with Gasteiger partial charge in [-0.2, -0.15) is 5.10 Å². The normalized spacial score (nSPS) is 15.3. The molecule has 0 saturated carbocycles. The van der Waals surface area contributed by atoms with Crippen molar-refractivity contribution in [1.82, 2.24) is 10.4 Å². The highest BCUT2D eigenvalue weighted by Crippen LogP contribution is 2.32. The van der Waals surface area contributed by atoms with Crippen molar-refractivity contribution in [1.29, 1.82) is 0 Å². The summed E-state index contributed by atoms with van der Waals surface area (Å²) in [5, 5.41) is 5.21. The first kappa shape index (κ1) is 21.6. The molecule has 0 fully saturated rings. The van der Waals surface area contributed by atoms with Gasteiger partial charge in [0.05, 0.1) is 11.8 Å². The molecule has 2 N–H and O–H groups in total. The summed E-state index contributed by atoms with van der Waals surface area (Å²) in [6.45, 7) is 2.27. The Bertz CT molecular complexity index is 1370. The summed E-state index contributed by atoms with van der Waals surface area (Å²) < 4.78 is 5.37. The maximum Gasteiger partial charge on any atom is 0.343 e. The minimum absolute atomic E-state index is 0.259. The fraction of sp³-hybridized carbons (Fsp3) is 0.179. The molecule has 0 aliphatic heterocycles. The molecule has 6 nitrogen and oxygen atoms in total. The SMILES string of the molecule is CC1CCc2[nH]c3ccc(C(=O)N/N=C\c4ccc(OC(=O)c5ccccc5)cc4)cc3c2C1. The lowest BCUT2D eigenvalue weighted by atomic mass is 9.87. The van der Waals surface area contributed by atoms with Crippen molar-refractivity contribution < 1.29 is 14.3 Å². The van der Waals surface area contributed by atoms with E-state index in [2.05, 4.69) is 22.4 Å². The van der Waals surface area contributed by atoms with Gasteiger partial charge in [-0.05, 0) is 90.9 Å². The van der Waals surface area contributed by atoms with Crippen LogP contribution in [0, 0.1) is 5.92 Å². The standard InChI is InChI=1S/C28H25N3O3/c1-18-7-13-25-23(15-18)24-16-21(10-14-26(24)30-25)27(32)31-29-17-19-8-11-22(12-9-19)34-28(33)20-5-3-2-4-6-20/h2-6,8-12,14,16-18,30H,7,13,15H2,1H3,(H,31,32)/b29-17-. The van der Waals surface area contributed by atoms with Gasteiger partial charge in [-0.3, -0.25) is 4.79 Å². The number of hydrogen-bond donors (Lipinski definition) is 2. The minimum Gasteiger partial charge on any atom is -0.423 e. The lowest BCUT2D eigenvalue weighted by molar-refractivity contribution is 0.0734. The Morgan fingerprint density at radius 2 is 1.82 bits per heavy atom. The monoisotopic (exact) mass is 451 g/mol. The number of carbonyl (C=O) groups is 2. The summed E-state index contributed by atoms with van der Waals surface area (Å²) in [6.07, 6.45) is 4.84. The van der Waals surface area contributed by atoms with Crippen LogP contribution in [0.4, 0.5) is 0 Å². The number of benzene rings is 3. The summed E-state index contributed by atoms with van der Waals surface area (Å²) in [4.78, 5) is 28.3. The van der Waals surface area contributed by atoms with E-state index >= 15 is 0 Å². The number of rotatable bonds is 5. The van der Waals surface area contributed by atoms with E-state index in [0.29, 0.717) is 22.8 Å². The van der Waals surface area contributed by atoms with Crippen molar-refractivity contribution in [2.24, 2.45) is 11.0 Å². The molecule has 1 aliphatic carbocycles. The molecule has 6 heteroatoms. The Balaban J connectivity index is 1.22. The fourth-order valence-electron chi connectivity index (χ4n) is 4.32. The average molecular weight is 452 g/mol. The number of ether oxygens (including phenoxy) is 1. The number of aromatic amines is 1. The number of nitrogens with zero attached hydrogens (tertiary/aromatic N) is 1. The van der Waals surface area contributed by atoms with Crippen LogP contribution >= 0.6 is 0 Å². The lowest BCUT2D eigenvalue weighted by Gasteiger charge is -2.18. The summed E-state index contributed by atoms with van der Waals surface area (Å²) in [7, 11) is 0. The van der Waals surface area contributed by atoms with Crippen LogP contribution in [-0.4, -0.2) is 23.1 Å². The van der Waals surface area contributed by atoms with Crippen LogP contribution in [0.15, 0.2) is 77.9 Å². The Kier molecular flexibility index (Phi) is 5.95. The summed E-state index contributed by atoms with van der Waals surface area (Å²) in [5.74, 6) is 0.420. The maximum absolute atomic E-state index is 12.7. The van der Waals surface area contributed by atoms with Gasteiger partial charge in [-0.1, -0.05) is 25.1 Å². The smallest absolute Gasteiger partial charge is 0.343 e. The molecule has 0 radical (unpaired) electrons. The molecule has 3 aromatic carbocycles. The third kappa shape index (κ3) is 4.62. The van der Waals surface area contributed by atoms with Crippen LogP contribution in [0.3, 0.4) is 0 Å². The molecule has 4 aromatic rings. The van der Waals surface area contributed by atoms with Gasteiger partial charge in [0.2, 0.25) is 0 Å². The fourth-order valence-corrected chi connectivity index (χ4v) is 4.32. The first-order valence-corrected chi connectivity index (χ1v) is 11.4. The molecule has 1 aliphatic rings. The topological polar surface area (TPSA) is 83.6 Å². The van der Waals surface area contributed by atoms with Gasteiger partial charge in [-0.15, -0.1) is 0 Å². The average Bonchev–Trinajstić information content (AvgIpc) is 3.22. The molecule has 1 heterocycles. The largest absolute Gasteiger partial charge is 0.423 e. The zero-order valence-electron chi connectivity index (χ0n) is 18.9. The molecule has 34 heavy (non-hydrogen) atoms. The van der Waals surface area contributed by atoms with Crippen molar-refractivity contribution in [2.75, 3.05) is 0 Å². The minimum atomic E-state index is -0.413. The third-order valence-corrected chi connectivity index (χ3v) is 6.18. The quantitative estimate of drug-likeness (QED) is 0.188. The van der Waals surface area contributed by atoms with Crippen molar-refractivity contribution in [3.05, 3.63) is 101 Å². The Morgan fingerprint density at radius 1 is 1.03 bits per heavy atom. The predicted molar refractivity (Wildman–Crippen MR) is 132 cm³/mol. The number of carbonyl (C=O) groups excluding carboxylic acids is 2. The molecule has 1 unspecified atom stereocenters. The zero-order valence-corrected chi connectivity index (χ0v) is 18.9. The number of aryl methyl sites for hydroxylation is 1. The number of amides is 1. The molecular formula is C28H25N3O3. The molecular weight excluding hydrogens is 426 g/mol. The van der Waals surface area contributed by atoms with Crippen LogP contribution in [-0.2, 0) is 12.8 Å². The third-order valence-electron chi connectivity index (χ3n) is 6.18.